The summed E-state index contributed by atoms with van der Waals surface area (Å²) in [6, 6.07) is 92.8. The average Bonchev–Trinajstić information content (AvgIpc) is 4.07. The molecule has 16 rings (SSSR count). The number of furan rings is 1. The molecule has 0 saturated carbocycles. The van der Waals surface area contributed by atoms with E-state index in [1.54, 1.807) is 0 Å². The van der Waals surface area contributed by atoms with Crippen LogP contribution in [0.25, 0.3) is 109 Å². The second kappa shape index (κ2) is 14.4. The van der Waals surface area contributed by atoms with Crippen LogP contribution in [0, 0.1) is 0 Å². The van der Waals surface area contributed by atoms with Gasteiger partial charge in [-0.05, 0) is 159 Å². The molecule has 13 aromatic carbocycles. The van der Waals surface area contributed by atoms with Gasteiger partial charge in [-0.3, -0.25) is 0 Å². The fourth-order valence-electron chi connectivity index (χ4n) is 13.0. The van der Waals surface area contributed by atoms with E-state index in [9.17, 15) is 0 Å². The van der Waals surface area contributed by atoms with Gasteiger partial charge in [0.15, 0.2) is 0 Å². The molecule has 1 heterocycles. The molecule has 0 fully saturated rings. The van der Waals surface area contributed by atoms with Gasteiger partial charge < -0.3 is 9.32 Å². The highest BCUT2D eigenvalue weighted by Crippen LogP contribution is 2.64. The lowest BCUT2D eigenvalue weighted by Gasteiger charge is -2.33. The van der Waals surface area contributed by atoms with Crippen molar-refractivity contribution in [1.29, 1.82) is 0 Å². The number of rotatable bonds is 4. The normalized spacial score (nSPS) is 13.2. The van der Waals surface area contributed by atoms with E-state index in [-0.39, 0.29) is 0 Å². The Labute approximate surface area is 409 Å². The van der Waals surface area contributed by atoms with Crippen molar-refractivity contribution < 1.29 is 4.42 Å². The highest BCUT2D eigenvalue weighted by molar-refractivity contribution is 6.26. The van der Waals surface area contributed by atoms with Gasteiger partial charge in [0, 0.05) is 27.7 Å². The van der Waals surface area contributed by atoms with E-state index in [1.165, 1.54) is 98.4 Å². The molecular formula is C69H41NO. The number of fused-ring (bicyclic) bond motifs is 22. The number of hydrogen-bond acceptors (Lipinski definition) is 2. The van der Waals surface area contributed by atoms with Crippen LogP contribution in [0.5, 0.6) is 0 Å². The minimum absolute atomic E-state index is 0.540. The molecule has 1 spiro atoms. The first kappa shape index (κ1) is 38.7. The van der Waals surface area contributed by atoms with Crippen LogP contribution in [-0.2, 0) is 5.41 Å². The molecule has 0 saturated heterocycles. The smallest absolute Gasteiger partial charge is 0.136 e. The predicted molar refractivity (Wildman–Crippen MR) is 298 cm³/mol. The molecule has 328 valence electrons. The standard InChI is InChI=1S/C69H41NO/c1-2-16-47-42(15-1)29-30-43-37-45(32-35-48(43)47)70(46-33-36-53-51-19-4-3-17-49(51)50-18-5-6-20-52(50)60(53)39-46)66-41-65-61(40-59(66)44-31-34-58-57-24-10-14-28-67(57)71-68(58)38-44)56-23-9-13-27-64(56)69(65)62-25-11-7-21-54(62)55-22-8-12-26-63(55)69/h1-41H. The molecule has 1 aromatic heterocycles. The highest BCUT2D eigenvalue weighted by atomic mass is 16.3. The molecule has 0 unspecified atom stereocenters. The SMILES string of the molecule is c1ccc2c(c1)-c1ccccc1C21c2ccccc2-c2cc(-c3ccc4c(c3)oc3ccccc34)c(N(c3ccc4c(ccc5ccccc54)c3)c3ccc4c5ccccc5c5ccccc5c4c3)cc21. The van der Waals surface area contributed by atoms with Gasteiger partial charge in [0.05, 0.1) is 11.1 Å². The zero-order valence-electron chi connectivity index (χ0n) is 38.5. The van der Waals surface area contributed by atoms with E-state index in [4.69, 9.17) is 4.42 Å². The highest BCUT2D eigenvalue weighted by Gasteiger charge is 2.52. The van der Waals surface area contributed by atoms with Gasteiger partial charge in [-0.1, -0.05) is 194 Å². The van der Waals surface area contributed by atoms with Crippen LogP contribution in [0.4, 0.5) is 17.1 Å². The quantitative estimate of drug-likeness (QED) is 0.164. The summed E-state index contributed by atoms with van der Waals surface area (Å²) in [7, 11) is 0. The summed E-state index contributed by atoms with van der Waals surface area (Å²) in [5, 5.41) is 14.6. The zero-order valence-corrected chi connectivity index (χ0v) is 38.5. The van der Waals surface area contributed by atoms with Crippen molar-refractivity contribution >= 4 is 92.9 Å². The molecule has 71 heavy (non-hydrogen) atoms. The summed E-state index contributed by atoms with van der Waals surface area (Å²) < 4.78 is 6.68. The molecule has 0 radical (unpaired) electrons. The molecule has 2 aliphatic carbocycles. The van der Waals surface area contributed by atoms with Crippen LogP contribution in [0.3, 0.4) is 0 Å². The summed E-state index contributed by atoms with van der Waals surface area (Å²) in [5.41, 5.74) is 17.0. The Balaban J connectivity index is 1.05. The fourth-order valence-corrected chi connectivity index (χ4v) is 13.0. The topological polar surface area (TPSA) is 16.4 Å². The predicted octanol–water partition coefficient (Wildman–Crippen LogP) is 18.8. The average molecular weight is 900 g/mol. The lowest BCUT2D eigenvalue weighted by Crippen LogP contribution is -2.26. The van der Waals surface area contributed by atoms with E-state index in [0.717, 1.165) is 50.1 Å². The zero-order chi connectivity index (χ0) is 46.4. The summed E-state index contributed by atoms with van der Waals surface area (Å²) in [6.45, 7) is 0. The van der Waals surface area contributed by atoms with Crippen molar-refractivity contribution in [2.24, 2.45) is 0 Å². The van der Waals surface area contributed by atoms with Gasteiger partial charge in [0.25, 0.3) is 0 Å². The van der Waals surface area contributed by atoms with E-state index < -0.39 is 5.41 Å². The number of anilines is 3. The summed E-state index contributed by atoms with van der Waals surface area (Å²) in [5.74, 6) is 0. The Kier molecular flexibility index (Phi) is 7.85. The molecule has 0 aliphatic heterocycles. The van der Waals surface area contributed by atoms with Crippen LogP contribution in [0.1, 0.15) is 22.3 Å². The molecule has 0 bridgehead atoms. The molecular weight excluding hydrogens is 859 g/mol. The third kappa shape index (κ3) is 5.26. The first-order valence-corrected chi connectivity index (χ1v) is 24.7. The second-order valence-corrected chi connectivity index (χ2v) is 19.5. The number of benzene rings is 13. The minimum Gasteiger partial charge on any atom is -0.456 e. The number of nitrogens with zero attached hydrogens (tertiary/aromatic N) is 1. The molecule has 0 N–H and O–H groups in total. The molecule has 0 atom stereocenters. The van der Waals surface area contributed by atoms with Crippen LogP contribution >= 0.6 is 0 Å². The lowest BCUT2D eigenvalue weighted by molar-refractivity contribution is 0.669. The van der Waals surface area contributed by atoms with Crippen molar-refractivity contribution in [2.75, 3.05) is 4.90 Å². The van der Waals surface area contributed by atoms with Gasteiger partial charge in [-0.15, -0.1) is 0 Å². The maximum atomic E-state index is 6.68. The largest absolute Gasteiger partial charge is 0.456 e. The lowest BCUT2D eigenvalue weighted by atomic mass is 9.70. The van der Waals surface area contributed by atoms with Gasteiger partial charge in [-0.25, -0.2) is 0 Å². The summed E-state index contributed by atoms with van der Waals surface area (Å²) >= 11 is 0. The summed E-state index contributed by atoms with van der Waals surface area (Å²) in [4.78, 5) is 2.54. The second-order valence-electron chi connectivity index (χ2n) is 19.5. The van der Waals surface area contributed by atoms with Crippen LogP contribution < -0.4 is 4.90 Å². The Morgan fingerprint density at radius 1 is 0.268 bits per heavy atom. The van der Waals surface area contributed by atoms with Crippen LogP contribution in [-0.4, -0.2) is 0 Å². The third-order valence-corrected chi connectivity index (χ3v) is 16.0. The molecule has 14 aromatic rings. The van der Waals surface area contributed by atoms with E-state index in [2.05, 4.69) is 254 Å². The first-order chi connectivity index (χ1) is 35.2. The van der Waals surface area contributed by atoms with Crippen molar-refractivity contribution in [3.8, 4) is 33.4 Å². The van der Waals surface area contributed by atoms with E-state index in [0.29, 0.717) is 0 Å². The maximum absolute atomic E-state index is 6.68. The van der Waals surface area contributed by atoms with Crippen LogP contribution in [0.15, 0.2) is 253 Å². The molecule has 2 nitrogen and oxygen atoms in total. The number of para-hydroxylation sites is 1. The molecule has 2 heteroatoms. The Bertz CT molecular complexity index is 4530. The van der Waals surface area contributed by atoms with Crippen molar-refractivity contribution in [3.05, 3.63) is 271 Å². The van der Waals surface area contributed by atoms with Crippen LogP contribution in [0.2, 0.25) is 0 Å². The van der Waals surface area contributed by atoms with Crippen molar-refractivity contribution in [3.63, 3.8) is 0 Å². The minimum atomic E-state index is -0.540. The van der Waals surface area contributed by atoms with Gasteiger partial charge in [0.1, 0.15) is 11.2 Å². The van der Waals surface area contributed by atoms with Crippen molar-refractivity contribution in [2.45, 2.75) is 5.41 Å². The number of hydrogen-bond donors (Lipinski definition) is 0. The Hall–Kier alpha value is -9.24. The van der Waals surface area contributed by atoms with Gasteiger partial charge in [0.2, 0.25) is 0 Å². The summed E-state index contributed by atoms with van der Waals surface area (Å²) in [6.07, 6.45) is 0. The van der Waals surface area contributed by atoms with E-state index >= 15 is 0 Å². The Morgan fingerprint density at radius 2 is 0.746 bits per heavy atom. The van der Waals surface area contributed by atoms with Gasteiger partial charge >= 0.3 is 0 Å². The first-order valence-electron chi connectivity index (χ1n) is 24.7. The fraction of sp³-hybridized carbons (Fsp3) is 0.0145. The molecule has 0 amide bonds. The molecule has 2 aliphatic rings. The maximum Gasteiger partial charge on any atom is 0.136 e. The monoisotopic (exact) mass is 899 g/mol. The van der Waals surface area contributed by atoms with Gasteiger partial charge in [-0.2, -0.15) is 0 Å². The Morgan fingerprint density at radius 3 is 1.44 bits per heavy atom. The van der Waals surface area contributed by atoms with Crippen molar-refractivity contribution in [1.82, 2.24) is 0 Å². The van der Waals surface area contributed by atoms with E-state index in [1.807, 2.05) is 0 Å². The third-order valence-electron chi connectivity index (χ3n) is 16.0.